The van der Waals surface area contributed by atoms with Gasteiger partial charge in [-0.05, 0) is 56.5 Å². The molecule has 0 heterocycles. The summed E-state index contributed by atoms with van der Waals surface area (Å²) >= 11 is 0. The number of quaternary nitrogens is 1. The summed E-state index contributed by atoms with van der Waals surface area (Å²) in [7, 11) is 1.63. The van der Waals surface area contributed by atoms with Gasteiger partial charge in [-0.1, -0.05) is 37.3 Å². The molecule has 0 spiro atoms. The summed E-state index contributed by atoms with van der Waals surface area (Å²) in [4.78, 5) is 26.2. The molecule has 0 aliphatic rings. The molecule has 0 radical (unpaired) electrons. The lowest BCUT2D eigenvalue weighted by Gasteiger charge is -2.41. The zero-order valence-corrected chi connectivity index (χ0v) is 20.2. The van der Waals surface area contributed by atoms with Crippen molar-refractivity contribution in [2.45, 2.75) is 53.7 Å². The molecule has 0 aromatic heterocycles. The highest BCUT2D eigenvalue weighted by Gasteiger charge is 2.40. The zero-order valence-electron chi connectivity index (χ0n) is 20.2. The van der Waals surface area contributed by atoms with Crippen molar-refractivity contribution in [2.24, 2.45) is 0 Å². The van der Waals surface area contributed by atoms with Crippen LogP contribution in [0.3, 0.4) is 0 Å². The van der Waals surface area contributed by atoms with Crippen molar-refractivity contribution in [1.82, 2.24) is 0 Å². The van der Waals surface area contributed by atoms with Crippen LogP contribution in [0.1, 0.15) is 43.9 Å². The molecule has 2 rings (SSSR count). The number of methoxy groups -OCH3 is 1. The van der Waals surface area contributed by atoms with E-state index in [0.29, 0.717) is 24.0 Å². The molecular formula is C26H37N2O4+. The van der Waals surface area contributed by atoms with E-state index in [9.17, 15) is 9.59 Å². The largest absolute Gasteiger partial charge is 0.497 e. The Morgan fingerprint density at radius 1 is 1.00 bits per heavy atom. The van der Waals surface area contributed by atoms with Crippen LogP contribution in [-0.2, 0) is 20.9 Å². The average molecular weight is 442 g/mol. The number of esters is 1. The molecule has 0 saturated carbocycles. The van der Waals surface area contributed by atoms with Gasteiger partial charge in [0, 0.05) is 12.1 Å². The lowest BCUT2D eigenvalue weighted by atomic mass is 10.0. The van der Waals surface area contributed by atoms with Gasteiger partial charge in [-0.2, -0.15) is 0 Å². The molecule has 32 heavy (non-hydrogen) atoms. The Kier molecular flexibility index (Phi) is 9.27. The predicted molar refractivity (Wildman–Crippen MR) is 128 cm³/mol. The fourth-order valence-corrected chi connectivity index (χ4v) is 4.31. The minimum atomic E-state index is -0.366. The van der Waals surface area contributed by atoms with Crippen molar-refractivity contribution in [3.05, 3.63) is 59.2 Å². The van der Waals surface area contributed by atoms with Crippen molar-refractivity contribution >= 4 is 17.6 Å². The third-order valence-corrected chi connectivity index (χ3v) is 6.29. The Hall–Kier alpha value is -2.86. The first-order valence-corrected chi connectivity index (χ1v) is 11.3. The van der Waals surface area contributed by atoms with Crippen LogP contribution in [-0.4, -0.2) is 49.1 Å². The van der Waals surface area contributed by atoms with Crippen molar-refractivity contribution in [3.8, 4) is 5.75 Å². The number of hydrogen-bond acceptors (Lipinski definition) is 4. The molecule has 1 unspecified atom stereocenters. The number of benzene rings is 2. The fourth-order valence-electron chi connectivity index (χ4n) is 4.31. The highest BCUT2D eigenvalue weighted by molar-refractivity contribution is 5.95. The van der Waals surface area contributed by atoms with E-state index in [4.69, 9.17) is 9.47 Å². The van der Waals surface area contributed by atoms with E-state index in [1.807, 2.05) is 77.1 Å². The molecule has 2 aromatic rings. The Morgan fingerprint density at radius 3 is 2.09 bits per heavy atom. The van der Waals surface area contributed by atoms with E-state index in [0.717, 1.165) is 28.1 Å². The number of hydrogen-bond donors (Lipinski definition) is 1. The SMILES string of the molecule is CCC(C(=O)Nc1c(C)cc(OC)cc1C)[N+](CC)(CC)CC(=O)OCc1ccccc1. The smallest absolute Gasteiger partial charge is 0.362 e. The second kappa shape index (κ2) is 11.7. The second-order valence-electron chi connectivity index (χ2n) is 8.20. The minimum Gasteiger partial charge on any atom is -0.497 e. The van der Waals surface area contributed by atoms with E-state index in [1.54, 1.807) is 7.11 Å². The van der Waals surface area contributed by atoms with Gasteiger partial charge in [0.25, 0.3) is 5.91 Å². The Morgan fingerprint density at radius 2 is 1.59 bits per heavy atom. The number of aryl methyl sites for hydroxylation is 2. The van der Waals surface area contributed by atoms with Gasteiger partial charge >= 0.3 is 5.97 Å². The lowest BCUT2D eigenvalue weighted by Crippen LogP contribution is -2.61. The normalized spacial score (nSPS) is 12.2. The quantitative estimate of drug-likeness (QED) is 0.408. The van der Waals surface area contributed by atoms with Crippen LogP contribution in [0.25, 0.3) is 0 Å². The number of rotatable bonds is 11. The molecule has 1 amide bonds. The van der Waals surface area contributed by atoms with Crippen molar-refractivity contribution in [2.75, 3.05) is 32.1 Å². The molecule has 6 heteroatoms. The van der Waals surface area contributed by atoms with Crippen molar-refractivity contribution in [3.63, 3.8) is 0 Å². The monoisotopic (exact) mass is 441 g/mol. The highest BCUT2D eigenvalue weighted by Crippen LogP contribution is 2.27. The Bertz CT molecular complexity index is 884. The maximum absolute atomic E-state index is 13.4. The molecule has 1 N–H and O–H groups in total. The van der Waals surface area contributed by atoms with Crippen LogP contribution in [0.15, 0.2) is 42.5 Å². The summed E-state index contributed by atoms with van der Waals surface area (Å²) in [6.07, 6.45) is 0.619. The van der Waals surface area contributed by atoms with Gasteiger partial charge in [-0.3, -0.25) is 4.79 Å². The first-order valence-electron chi connectivity index (χ1n) is 11.3. The topological polar surface area (TPSA) is 64.6 Å². The van der Waals surface area contributed by atoms with Gasteiger partial charge in [-0.25, -0.2) is 4.79 Å². The number of likely N-dealkylation sites (N-methyl/N-ethyl adjacent to an activating group) is 1. The number of nitrogens with one attached hydrogen (secondary N) is 1. The summed E-state index contributed by atoms with van der Waals surface area (Å²) in [6.45, 7) is 11.6. The van der Waals surface area contributed by atoms with Gasteiger partial charge in [0.1, 0.15) is 12.4 Å². The lowest BCUT2D eigenvalue weighted by molar-refractivity contribution is -0.932. The van der Waals surface area contributed by atoms with Gasteiger partial charge in [-0.15, -0.1) is 0 Å². The summed E-state index contributed by atoms with van der Waals surface area (Å²) in [5.41, 5.74) is 3.63. The van der Waals surface area contributed by atoms with Crippen LogP contribution in [0.2, 0.25) is 0 Å². The van der Waals surface area contributed by atoms with Gasteiger partial charge in [0.15, 0.2) is 12.6 Å². The summed E-state index contributed by atoms with van der Waals surface area (Å²) < 4.78 is 11.2. The highest BCUT2D eigenvalue weighted by atomic mass is 16.5. The molecule has 2 aromatic carbocycles. The molecule has 174 valence electrons. The number of amides is 1. The van der Waals surface area contributed by atoms with Crippen LogP contribution >= 0.6 is 0 Å². The number of carbonyl (C=O) groups excluding carboxylic acids is 2. The number of nitrogens with zero attached hydrogens (tertiary/aromatic N) is 1. The summed E-state index contributed by atoms with van der Waals surface area (Å²) in [6, 6.07) is 13.1. The number of carbonyl (C=O) groups is 2. The van der Waals surface area contributed by atoms with E-state index in [-0.39, 0.29) is 31.1 Å². The summed E-state index contributed by atoms with van der Waals surface area (Å²) in [5.74, 6) is 0.391. The zero-order chi connectivity index (χ0) is 23.7. The van der Waals surface area contributed by atoms with Gasteiger partial charge in [0.05, 0.1) is 20.2 Å². The maximum Gasteiger partial charge on any atom is 0.362 e. The van der Waals surface area contributed by atoms with Crippen molar-refractivity contribution in [1.29, 1.82) is 0 Å². The first kappa shape index (κ1) is 25.4. The average Bonchev–Trinajstić information content (AvgIpc) is 2.80. The molecule has 1 atom stereocenters. The molecule has 0 aliphatic carbocycles. The first-order chi connectivity index (χ1) is 15.3. The van der Waals surface area contributed by atoms with E-state index >= 15 is 0 Å². The van der Waals surface area contributed by atoms with Crippen LogP contribution in [0, 0.1) is 13.8 Å². The third-order valence-electron chi connectivity index (χ3n) is 6.29. The maximum atomic E-state index is 13.4. The fraction of sp³-hybridized carbons (Fsp3) is 0.462. The standard InChI is InChI=1S/C26H36N2O4/c1-7-23(26(30)27-25-19(4)15-22(31-6)16-20(25)5)28(8-2,9-3)17-24(29)32-18-21-13-11-10-12-14-21/h10-16,23H,7-9,17-18H2,1-6H3/p+1. The molecule has 0 saturated heterocycles. The van der Waals surface area contributed by atoms with E-state index < -0.39 is 0 Å². The van der Waals surface area contributed by atoms with E-state index in [1.165, 1.54) is 0 Å². The number of ether oxygens (including phenoxy) is 2. The third kappa shape index (κ3) is 6.10. The van der Waals surface area contributed by atoms with Gasteiger partial charge in [0.2, 0.25) is 0 Å². The number of anilines is 1. The van der Waals surface area contributed by atoms with Crippen LogP contribution < -0.4 is 10.1 Å². The second-order valence-corrected chi connectivity index (χ2v) is 8.20. The van der Waals surface area contributed by atoms with Crippen LogP contribution in [0.5, 0.6) is 5.75 Å². The Labute approximate surface area is 192 Å². The minimum absolute atomic E-state index is 0.0802. The van der Waals surface area contributed by atoms with Crippen LogP contribution in [0.4, 0.5) is 5.69 Å². The van der Waals surface area contributed by atoms with Gasteiger partial charge < -0.3 is 19.3 Å². The molecule has 0 fully saturated rings. The molecule has 6 nitrogen and oxygen atoms in total. The van der Waals surface area contributed by atoms with Crippen molar-refractivity contribution < 1.29 is 23.5 Å². The molecular weight excluding hydrogens is 404 g/mol. The predicted octanol–water partition coefficient (Wildman–Crippen LogP) is 4.63. The Balaban J connectivity index is 2.18. The van der Waals surface area contributed by atoms with E-state index in [2.05, 4.69) is 5.32 Å². The molecule has 0 bridgehead atoms. The molecule has 0 aliphatic heterocycles. The summed E-state index contributed by atoms with van der Waals surface area (Å²) in [5, 5.41) is 3.12.